The van der Waals surface area contributed by atoms with Gasteiger partial charge in [0.15, 0.2) is 5.60 Å². The Hall–Kier alpha value is -3.78. The van der Waals surface area contributed by atoms with E-state index in [2.05, 4.69) is 6.92 Å². The van der Waals surface area contributed by atoms with E-state index in [0.717, 1.165) is 59.6 Å². The fourth-order valence-corrected chi connectivity index (χ4v) is 6.29. The van der Waals surface area contributed by atoms with Gasteiger partial charge in [-0.1, -0.05) is 46.1 Å². The Bertz CT molecular complexity index is 1620. The van der Waals surface area contributed by atoms with E-state index in [4.69, 9.17) is 9.47 Å². The summed E-state index contributed by atoms with van der Waals surface area (Å²) in [4.78, 5) is 50.0. The number of hydrogen-bond acceptors (Lipinski definition) is 7. The molecule has 42 heavy (non-hydrogen) atoms. The molecule has 0 unspecified atom stereocenters. The summed E-state index contributed by atoms with van der Waals surface area (Å²) in [7, 11) is 0. The quantitative estimate of drug-likeness (QED) is 0.128. The maximum absolute atomic E-state index is 13.5. The Morgan fingerprint density at radius 3 is 2.43 bits per heavy atom. The molecule has 3 heterocycles. The maximum atomic E-state index is 13.5. The highest BCUT2D eigenvalue weighted by Gasteiger charge is 2.45. The molecule has 0 amide bonds. The van der Waals surface area contributed by atoms with Gasteiger partial charge >= 0.3 is 11.9 Å². The zero-order valence-electron chi connectivity index (χ0n) is 24.7. The third-order valence-corrected chi connectivity index (χ3v) is 8.79. The molecule has 8 heteroatoms. The monoisotopic (exact) mass is 573 g/mol. The Morgan fingerprint density at radius 1 is 0.976 bits per heavy atom. The molecular formula is C34H39NO7. The number of carbonyl (C=O) groups is 3. The van der Waals surface area contributed by atoms with Crippen LogP contribution < -0.4 is 10.3 Å². The second-order valence-corrected chi connectivity index (χ2v) is 11.4. The minimum Gasteiger partial charge on any atom is -0.458 e. The molecule has 0 aliphatic carbocycles. The molecule has 222 valence electrons. The number of ether oxygens (including phenoxy) is 2. The summed E-state index contributed by atoms with van der Waals surface area (Å²) in [6, 6.07) is 9.42. The van der Waals surface area contributed by atoms with Gasteiger partial charge in [-0.15, -0.1) is 0 Å². The van der Waals surface area contributed by atoms with Crippen LogP contribution >= 0.6 is 0 Å². The van der Waals surface area contributed by atoms with Crippen molar-refractivity contribution in [2.75, 3.05) is 0 Å². The minimum absolute atomic E-state index is 0.106. The Kier molecular flexibility index (Phi) is 8.64. The van der Waals surface area contributed by atoms with E-state index in [1.54, 1.807) is 23.6 Å². The van der Waals surface area contributed by atoms with Gasteiger partial charge in [0.25, 0.3) is 5.56 Å². The van der Waals surface area contributed by atoms with Crippen LogP contribution in [0.2, 0.25) is 0 Å². The normalized spacial score (nSPS) is 17.0. The number of aromatic nitrogens is 1. The van der Waals surface area contributed by atoms with Crippen LogP contribution in [0.25, 0.3) is 22.0 Å². The molecule has 5 rings (SSSR count). The van der Waals surface area contributed by atoms with Crippen molar-refractivity contribution in [2.24, 2.45) is 0 Å². The average molecular weight is 574 g/mol. The van der Waals surface area contributed by atoms with Gasteiger partial charge in [0.2, 0.25) is 0 Å². The lowest BCUT2D eigenvalue weighted by Gasteiger charge is -2.31. The standard InChI is InChI=1S/C34H39NO7/c1-4-22(36)12-10-8-7-9-11-13-31(37)42-23-15-14-21-16-26-27(24(5-2)25(21)17-23)19-35-30(26)18-29-28(32(35)38)20-41-33(39)34(29,40)6-3/h14-18,40H,4-13,19-20H2,1-3H3/t34-/m0/s1. The second kappa shape index (κ2) is 12.2. The highest BCUT2D eigenvalue weighted by molar-refractivity contribution is 5.94. The number of aliphatic hydroxyl groups is 1. The molecule has 0 radical (unpaired) electrons. The second-order valence-electron chi connectivity index (χ2n) is 11.4. The fourth-order valence-electron chi connectivity index (χ4n) is 6.29. The van der Waals surface area contributed by atoms with E-state index in [-0.39, 0.29) is 24.6 Å². The number of fused-ring (bicyclic) bond motifs is 5. The van der Waals surface area contributed by atoms with Gasteiger partial charge in [0.1, 0.15) is 18.1 Å². The van der Waals surface area contributed by atoms with Crippen molar-refractivity contribution in [3.63, 3.8) is 0 Å². The van der Waals surface area contributed by atoms with Crippen molar-refractivity contribution in [1.82, 2.24) is 4.57 Å². The fraction of sp³-hybridized carbons (Fsp3) is 0.471. The number of rotatable bonds is 12. The van der Waals surface area contributed by atoms with E-state index in [9.17, 15) is 24.3 Å². The molecule has 0 saturated carbocycles. The molecule has 2 aliphatic heterocycles. The van der Waals surface area contributed by atoms with Gasteiger partial charge < -0.3 is 19.1 Å². The van der Waals surface area contributed by atoms with Crippen LogP contribution in [0.3, 0.4) is 0 Å². The highest BCUT2D eigenvalue weighted by atomic mass is 16.6. The van der Waals surface area contributed by atoms with Crippen LogP contribution in [0.4, 0.5) is 0 Å². The number of esters is 2. The van der Waals surface area contributed by atoms with Crippen molar-refractivity contribution in [3.8, 4) is 17.0 Å². The molecular weight excluding hydrogens is 534 g/mol. The summed E-state index contributed by atoms with van der Waals surface area (Å²) in [6.45, 7) is 5.88. The van der Waals surface area contributed by atoms with Crippen LogP contribution in [-0.4, -0.2) is 27.4 Å². The lowest BCUT2D eigenvalue weighted by atomic mass is 9.85. The lowest BCUT2D eigenvalue weighted by molar-refractivity contribution is -0.172. The van der Waals surface area contributed by atoms with Crippen molar-refractivity contribution in [3.05, 3.63) is 62.9 Å². The number of pyridine rings is 1. The number of unbranched alkanes of at least 4 members (excludes halogenated alkanes) is 4. The molecule has 1 atom stereocenters. The third-order valence-electron chi connectivity index (χ3n) is 8.79. The number of ketones is 1. The number of hydrogen-bond donors (Lipinski definition) is 1. The largest absolute Gasteiger partial charge is 0.458 e. The zero-order valence-corrected chi connectivity index (χ0v) is 24.7. The third kappa shape index (κ3) is 5.40. The first-order valence-electron chi connectivity index (χ1n) is 15.2. The van der Waals surface area contributed by atoms with E-state index in [1.807, 2.05) is 25.1 Å². The van der Waals surface area contributed by atoms with E-state index in [0.29, 0.717) is 60.6 Å². The first kappa shape index (κ1) is 29.7. The van der Waals surface area contributed by atoms with Gasteiger partial charge in [-0.25, -0.2) is 4.79 Å². The molecule has 1 N–H and O–H groups in total. The predicted molar refractivity (Wildman–Crippen MR) is 159 cm³/mol. The topological polar surface area (TPSA) is 112 Å². The Morgan fingerprint density at radius 2 is 1.71 bits per heavy atom. The number of aryl methyl sites for hydroxylation is 1. The molecule has 0 saturated heterocycles. The highest BCUT2D eigenvalue weighted by Crippen LogP contribution is 2.42. The summed E-state index contributed by atoms with van der Waals surface area (Å²) in [5, 5.41) is 13.1. The molecule has 0 bridgehead atoms. The van der Waals surface area contributed by atoms with Gasteiger partial charge in [-0.3, -0.25) is 14.4 Å². The van der Waals surface area contributed by atoms with Crippen LogP contribution in [0.1, 0.15) is 101 Å². The first-order chi connectivity index (χ1) is 20.2. The Balaban J connectivity index is 1.35. The molecule has 2 aromatic carbocycles. The number of benzene rings is 2. The van der Waals surface area contributed by atoms with Crippen molar-refractivity contribution in [2.45, 2.75) is 104 Å². The van der Waals surface area contributed by atoms with Gasteiger partial charge in [0, 0.05) is 30.4 Å². The molecule has 0 spiro atoms. The van der Waals surface area contributed by atoms with E-state index < -0.39 is 11.6 Å². The van der Waals surface area contributed by atoms with E-state index in [1.165, 1.54) is 0 Å². The first-order valence-corrected chi connectivity index (χ1v) is 15.2. The van der Waals surface area contributed by atoms with Gasteiger partial charge in [0.05, 0.1) is 17.8 Å². The maximum Gasteiger partial charge on any atom is 0.343 e. The molecule has 3 aromatic rings. The lowest BCUT2D eigenvalue weighted by Crippen LogP contribution is -2.44. The minimum atomic E-state index is -1.84. The molecule has 0 fully saturated rings. The zero-order chi connectivity index (χ0) is 30.0. The smallest absolute Gasteiger partial charge is 0.343 e. The molecule has 1 aromatic heterocycles. The number of carbonyl (C=O) groups excluding carboxylic acids is 3. The van der Waals surface area contributed by atoms with Gasteiger partial charge in [-0.05, 0) is 71.8 Å². The number of cyclic esters (lactones) is 1. The number of nitrogens with zero attached hydrogens (tertiary/aromatic N) is 1. The molecule has 8 nitrogen and oxygen atoms in total. The van der Waals surface area contributed by atoms with Crippen LogP contribution in [0.15, 0.2) is 35.1 Å². The Labute approximate surface area is 245 Å². The van der Waals surface area contributed by atoms with Crippen molar-refractivity contribution in [1.29, 1.82) is 0 Å². The van der Waals surface area contributed by atoms with Crippen LogP contribution in [-0.2, 0) is 44.3 Å². The summed E-state index contributed by atoms with van der Waals surface area (Å²) in [6.07, 6.45) is 7.00. The number of Topliss-reactive ketones (excluding diaryl/α,β-unsaturated/α-hetero) is 1. The summed E-state index contributed by atoms with van der Waals surface area (Å²) < 4.78 is 12.6. The summed E-state index contributed by atoms with van der Waals surface area (Å²) in [5.74, 6) is -0.193. The SMILES string of the molecule is CCC(=O)CCCCCCCC(=O)Oc1ccc2cc3c(c(CC)c2c1)Cn1c-3cc2c(c1=O)COC(=O)[C@]2(O)CC. The van der Waals surface area contributed by atoms with Crippen LogP contribution in [0, 0.1) is 0 Å². The molecule has 2 aliphatic rings. The van der Waals surface area contributed by atoms with Crippen molar-refractivity contribution >= 4 is 28.5 Å². The van der Waals surface area contributed by atoms with Crippen LogP contribution in [0.5, 0.6) is 5.75 Å². The summed E-state index contributed by atoms with van der Waals surface area (Å²) in [5.41, 5.74) is 2.22. The van der Waals surface area contributed by atoms with Gasteiger partial charge in [-0.2, -0.15) is 0 Å². The summed E-state index contributed by atoms with van der Waals surface area (Å²) >= 11 is 0. The average Bonchev–Trinajstić information content (AvgIpc) is 3.35. The van der Waals surface area contributed by atoms with Crippen molar-refractivity contribution < 1.29 is 29.0 Å². The predicted octanol–water partition coefficient (Wildman–Crippen LogP) is 5.86. The van der Waals surface area contributed by atoms with E-state index >= 15 is 0 Å².